The third-order valence-electron chi connectivity index (χ3n) is 4.84. The van der Waals surface area contributed by atoms with Gasteiger partial charge in [-0.3, -0.25) is 4.99 Å². The highest BCUT2D eigenvalue weighted by Crippen LogP contribution is 2.16. The Hall–Kier alpha value is -1.66. The number of likely N-dealkylation sites (tertiary alicyclic amines) is 1. The van der Waals surface area contributed by atoms with E-state index in [1.807, 2.05) is 6.92 Å². The summed E-state index contributed by atoms with van der Waals surface area (Å²) in [6.45, 7) is 9.73. The smallest absolute Gasteiger partial charge is 0.191 e. The zero-order chi connectivity index (χ0) is 18.8. The quantitative estimate of drug-likeness (QED) is 0.377. The van der Waals surface area contributed by atoms with Crippen LogP contribution in [-0.2, 0) is 0 Å². The number of benzene rings is 1. The molecule has 1 unspecified atom stereocenters. The predicted octanol–water partition coefficient (Wildman–Crippen LogP) is 2.54. The minimum Gasteiger partial charge on any atom is -0.386 e. The van der Waals surface area contributed by atoms with Gasteiger partial charge in [0.05, 0.1) is 12.6 Å². The molecule has 6 heteroatoms. The molecule has 5 nitrogen and oxygen atoms in total. The molecule has 146 valence electrons. The first kappa shape index (κ1) is 20.6. The van der Waals surface area contributed by atoms with E-state index in [0.29, 0.717) is 11.5 Å². The Morgan fingerprint density at radius 1 is 1.27 bits per heavy atom. The second-order valence-electron chi connectivity index (χ2n) is 7.09. The van der Waals surface area contributed by atoms with E-state index in [4.69, 9.17) is 0 Å². The van der Waals surface area contributed by atoms with E-state index >= 15 is 0 Å². The summed E-state index contributed by atoms with van der Waals surface area (Å²) in [6.07, 6.45) is 2.94. The van der Waals surface area contributed by atoms with Gasteiger partial charge >= 0.3 is 0 Å². The van der Waals surface area contributed by atoms with Crippen molar-refractivity contribution in [1.82, 2.24) is 15.5 Å². The normalized spacial score (nSPS) is 17.9. The maximum absolute atomic E-state index is 13.0. The van der Waals surface area contributed by atoms with E-state index in [0.717, 1.165) is 32.0 Å². The largest absolute Gasteiger partial charge is 0.386 e. The minimum absolute atomic E-state index is 0.241. The summed E-state index contributed by atoms with van der Waals surface area (Å²) < 4.78 is 13.0. The lowest BCUT2D eigenvalue weighted by atomic mass is 9.99. The highest BCUT2D eigenvalue weighted by atomic mass is 19.1. The Kier molecular flexibility index (Phi) is 8.85. The first-order valence-electron chi connectivity index (χ1n) is 9.76. The summed E-state index contributed by atoms with van der Waals surface area (Å²) >= 11 is 0. The average molecular weight is 365 g/mol. The summed E-state index contributed by atoms with van der Waals surface area (Å²) in [7, 11) is 0. The summed E-state index contributed by atoms with van der Waals surface area (Å²) in [5.41, 5.74) is 0.672. The number of hydrogen-bond donors (Lipinski definition) is 3. The fraction of sp³-hybridized carbons (Fsp3) is 0.650. The van der Waals surface area contributed by atoms with Gasteiger partial charge in [0.25, 0.3) is 0 Å². The van der Waals surface area contributed by atoms with Crippen molar-refractivity contribution in [3.63, 3.8) is 0 Å². The Morgan fingerprint density at radius 3 is 2.62 bits per heavy atom. The third-order valence-corrected chi connectivity index (χ3v) is 4.84. The van der Waals surface area contributed by atoms with Crippen LogP contribution in [0.5, 0.6) is 0 Å². The molecule has 0 saturated carbocycles. The summed E-state index contributed by atoms with van der Waals surface area (Å²) in [5.74, 6) is 1.27. The van der Waals surface area contributed by atoms with Crippen molar-refractivity contribution in [2.75, 3.05) is 39.3 Å². The molecule has 26 heavy (non-hydrogen) atoms. The molecule has 2 rings (SSSR count). The van der Waals surface area contributed by atoms with E-state index in [1.54, 1.807) is 12.1 Å². The predicted molar refractivity (Wildman–Crippen MR) is 105 cm³/mol. The van der Waals surface area contributed by atoms with Gasteiger partial charge in [-0.15, -0.1) is 0 Å². The van der Waals surface area contributed by atoms with Gasteiger partial charge in [-0.25, -0.2) is 4.39 Å². The minimum atomic E-state index is -0.735. The molecular weight excluding hydrogens is 331 g/mol. The number of halogens is 1. The van der Waals surface area contributed by atoms with Gasteiger partial charge in [0.15, 0.2) is 5.96 Å². The summed E-state index contributed by atoms with van der Waals surface area (Å²) in [6, 6.07) is 5.89. The molecule has 3 N–H and O–H groups in total. The Morgan fingerprint density at radius 2 is 1.96 bits per heavy atom. The van der Waals surface area contributed by atoms with Crippen molar-refractivity contribution in [3.05, 3.63) is 35.6 Å². The number of aliphatic imine (C=N–C) groups is 1. The molecule has 1 aromatic rings. The molecule has 0 amide bonds. The van der Waals surface area contributed by atoms with Crippen LogP contribution in [0.2, 0.25) is 0 Å². The van der Waals surface area contributed by atoms with E-state index in [9.17, 15) is 9.50 Å². The zero-order valence-corrected chi connectivity index (χ0v) is 16.0. The van der Waals surface area contributed by atoms with Crippen LogP contribution in [0.25, 0.3) is 0 Å². The van der Waals surface area contributed by atoms with E-state index < -0.39 is 6.10 Å². The monoisotopic (exact) mass is 364 g/mol. The fourth-order valence-electron chi connectivity index (χ4n) is 3.10. The van der Waals surface area contributed by atoms with Gasteiger partial charge in [-0.05, 0) is 69.4 Å². The summed E-state index contributed by atoms with van der Waals surface area (Å²) in [5, 5.41) is 16.7. The van der Waals surface area contributed by atoms with Gasteiger partial charge in [-0.1, -0.05) is 19.1 Å². The Balaban J connectivity index is 1.72. The molecule has 1 aromatic carbocycles. The molecular formula is C20H33FN4O. The van der Waals surface area contributed by atoms with Gasteiger partial charge in [-0.2, -0.15) is 0 Å². The van der Waals surface area contributed by atoms with Crippen LogP contribution in [-0.4, -0.2) is 55.2 Å². The highest BCUT2D eigenvalue weighted by Gasteiger charge is 2.14. The fourth-order valence-corrected chi connectivity index (χ4v) is 3.10. The molecule has 0 radical (unpaired) electrons. The molecule has 1 aliphatic rings. The SMILES string of the molecule is CCNC(=NCC(O)c1ccc(F)cc1)NCCCN1CCC(C)CC1. The van der Waals surface area contributed by atoms with Crippen LogP contribution in [0, 0.1) is 11.7 Å². The first-order chi connectivity index (χ1) is 12.6. The molecule has 1 aliphatic heterocycles. The standard InChI is InChI=1S/C20H33FN4O/c1-3-22-20(23-11-4-12-25-13-9-16(2)10-14-25)24-15-19(26)17-5-7-18(21)8-6-17/h5-8,16,19,26H,3-4,9-15H2,1-2H3,(H2,22,23,24). The Labute approximate surface area is 156 Å². The number of hydrogen-bond acceptors (Lipinski definition) is 3. The summed E-state index contributed by atoms with van der Waals surface area (Å²) in [4.78, 5) is 6.98. The van der Waals surface area contributed by atoms with Crippen molar-refractivity contribution in [1.29, 1.82) is 0 Å². The van der Waals surface area contributed by atoms with Gasteiger partial charge in [0.1, 0.15) is 5.82 Å². The number of aliphatic hydroxyl groups is 1. The second kappa shape index (κ2) is 11.1. The molecule has 0 spiro atoms. The second-order valence-corrected chi connectivity index (χ2v) is 7.09. The van der Waals surface area contributed by atoms with Crippen LogP contribution in [0.4, 0.5) is 4.39 Å². The molecule has 1 heterocycles. The van der Waals surface area contributed by atoms with Crippen molar-refractivity contribution >= 4 is 5.96 Å². The zero-order valence-electron chi connectivity index (χ0n) is 16.0. The van der Waals surface area contributed by atoms with Crippen LogP contribution < -0.4 is 10.6 Å². The molecule has 0 aliphatic carbocycles. The lowest BCUT2D eigenvalue weighted by Gasteiger charge is -2.30. The van der Waals surface area contributed by atoms with Crippen molar-refractivity contribution < 1.29 is 9.50 Å². The molecule has 1 saturated heterocycles. The van der Waals surface area contributed by atoms with E-state index in [1.165, 1.54) is 38.1 Å². The lowest BCUT2D eigenvalue weighted by Crippen LogP contribution is -2.40. The number of piperidine rings is 1. The van der Waals surface area contributed by atoms with Crippen LogP contribution in [0.3, 0.4) is 0 Å². The number of aliphatic hydroxyl groups excluding tert-OH is 1. The van der Waals surface area contributed by atoms with E-state index in [2.05, 4.69) is 27.4 Å². The maximum atomic E-state index is 13.0. The lowest BCUT2D eigenvalue weighted by molar-refractivity contribution is 0.187. The topological polar surface area (TPSA) is 59.9 Å². The number of guanidine groups is 1. The van der Waals surface area contributed by atoms with Gasteiger partial charge in [0, 0.05) is 13.1 Å². The van der Waals surface area contributed by atoms with Gasteiger partial charge in [0.2, 0.25) is 0 Å². The van der Waals surface area contributed by atoms with Gasteiger partial charge < -0.3 is 20.6 Å². The number of nitrogens with one attached hydrogen (secondary N) is 2. The molecule has 0 bridgehead atoms. The van der Waals surface area contributed by atoms with Crippen molar-refractivity contribution in [2.45, 2.75) is 39.2 Å². The van der Waals surface area contributed by atoms with E-state index in [-0.39, 0.29) is 12.4 Å². The van der Waals surface area contributed by atoms with Crippen LogP contribution in [0.1, 0.15) is 44.8 Å². The third kappa shape index (κ3) is 7.30. The maximum Gasteiger partial charge on any atom is 0.191 e. The molecule has 1 atom stereocenters. The Bertz CT molecular complexity index is 541. The number of rotatable bonds is 8. The van der Waals surface area contributed by atoms with Crippen molar-refractivity contribution in [2.24, 2.45) is 10.9 Å². The number of nitrogens with zero attached hydrogens (tertiary/aromatic N) is 2. The first-order valence-corrected chi connectivity index (χ1v) is 9.76. The average Bonchev–Trinajstić information content (AvgIpc) is 2.65. The molecule has 1 fully saturated rings. The van der Waals surface area contributed by atoms with Crippen LogP contribution in [0.15, 0.2) is 29.3 Å². The molecule has 0 aromatic heterocycles. The van der Waals surface area contributed by atoms with Crippen molar-refractivity contribution in [3.8, 4) is 0 Å². The highest BCUT2D eigenvalue weighted by molar-refractivity contribution is 5.79. The van der Waals surface area contributed by atoms with Crippen LogP contribution >= 0.6 is 0 Å².